The van der Waals surface area contributed by atoms with Crippen molar-refractivity contribution in [3.63, 3.8) is 0 Å². The molecule has 2 saturated heterocycles. The van der Waals surface area contributed by atoms with E-state index in [-0.39, 0.29) is 5.92 Å². The van der Waals surface area contributed by atoms with Gasteiger partial charge in [0.1, 0.15) is 0 Å². The number of aromatic nitrogens is 1. The Labute approximate surface area is 175 Å². The highest BCUT2D eigenvalue weighted by Gasteiger charge is 2.49. The third-order valence-corrected chi connectivity index (χ3v) is 8.01. The number of hydrogen-bond donors (Lipinski definition) is 0. The number of nitrogens with zero attached hydrogens (tertiary/aromatic N) is 3. The van der Waals surface area contributed by atoms with Gasteiger partial charge in [0.05, 0.1) is 10.7 Å². The molecule has 3 fully saturated rings. The van der Waals surface area contributed by atoms with Gasteiger partial charge in [-0.2, -0.15) is 0 Å². The van der Waals surface area contributed by atoms with Gasteiger partial charge in [0.2, 0.25) is 5.91 Å². The van der Waals surface area contributed by atoms with Crippen LogP contribution in [-0.2, 0) is 11.3 Å². The topological polar surface area (TPSA) is 36.4 Å². The Hall–Kier alpha value is -1.43. The summed E-state index contributed by atoms with van der Waals surface area (Å²) in [6.45, 7) is 8.17. The molecule has 0 unspecified atom stereocenters. The first-order chi connectivity index (χ1) is 13.5. The van der Waals surface area contributed by atoms with Crippen LogP contribution >= 0.6 is 22.9 Å². The molecule has 0 spiro atoms. The van der Waals surface area contributed by atoms with Gasteiger partial charge in [-0.05, 0) is 50.3 Å². The minimum atomic E-state index is 0.178. The highest BCUT2D eigenvalue weighted by atomic mass is 35.5. The van der Waals surface area contributed by atoms with E-state index >= 15 is 0 Å². The molecule has 4 atom stereocenters. The second-order valence-electron chi connectivity index (χ2n) is 8.57. The minimum absolute atomic E-state index is 0.178. The molecule has 1 amide bonds. The maximum absolute atomic E-state index is 13.0. The lowest BCUT2D eigenvalue weighted by atomic mass is 9.82. The van der Waals surface area contributed by atoms with Gasteiger partial charge in [-0.15, -0.1) is 11.3 Å². The first kappa shape index (κ1) is 18.6. The summed E-state index contributed by atoms with van der Waals surface area (Å²) in [7, 11) is 0. The summed E-state index contributed by atoms with van der Waals surface area (Å²) in [4.78, 5) is 23.7. The average molecular weight is 416 g/mol. The minimum Gasteiger partial charge on any atom is -0.342 e. The van der Waals surface area contributed by atoms with Crippen molar-refractivity contribution in [1.29, 1.82) is 0 Å². The lowest BCUT2D eigenvalue weighted by Gasteiger charge is -2.53. The third-order valence-electron chi connectivity index (χ3n) is 6.70. The molecule has 1 aromatic heterocycles. The van der Waals surface area contributed by atoms with E-state index in [9.17, 15) is 4.79 Å². The normalized spacial score (nSPS) is 29.3. The lowest BCUT2D eigenvalue weighted by molar-refractivity contribution is -0.139. The molecule has 3 aliphatic rings. The maximum Gasteiger partial charge on any atom is 0.226 e. The Morgan fingerprint density at radius 3 is 2.71 bits per heavy atom. The Morgan fingerprint density at radius 2 is 2.04 bits per heavy atom. The first-order valence-electron chi connectivity index (χ1n) is 10.2. The zero-order chi connectivity index (χ0) is 19.4. The predicted octanol–water partition coefficient (Wildman–Crippen LogP) is 4.25. The van der Waals surface area contributed by atoms with Crippen molar-refractivity contribution in [1.82, 2.24) is 14.8 Å². The highest BCUT2D eigenvalue weighted by Crippen LogP contribution is 2.49. The van der Waals surface area contributed by atoms with Gasteiger partial charge in [-0.25, -0.2) is 4.98 Å². The number of aryl methyl sites for hydroxylation is 2. The molecule has 1 aromatic carbocycles. The summed E-state index contributed by atoms with van der Waals surface area (Å²) in [6.07, 6.45) is 2.09. The highest BCUT2D eigenvalue weighted by molar-refractivity contribution is 7.11. The van der Waals surface area contributed by atoms with Crippen molar-refractivity contribution in [2.45, 2.75) is 45.2 Å². The predicted molar refractivity (Wildman–Crippen MR) is 113 cm³/mol. The van der Waals surface area contributed by atoms with Crippen molar-refractivity contribution < 1.29 is 4.79 Å². The van der Waals surface area contributed by atoms with Gasteiger partial charge in [0.15, 0.2) is 0 Å². The average Bonchev–Trinajstić information content (AvgIpc) is 3.38. The lowest BCUT2D eigenvalue weighted by Crippen LogP contribution is -2.63. The molecule has 1 saturated carbocycles. The fourth-order valence-corrected chi connectivity index (χ4v) is 6.13. The molecule has 0 radical (unpaired) electrons. The molecule has 2 aromatic rings. The fourth-order valence-electron chi connectivity index (χ4n) is 5.05. The van der Waals surface area contributed by atoms with Crippen molar-refractivity contribution >= 4 is 28.8 Å². The third kappa shape index (κ3) is 3.38. The molecule has 4 nitrogen and oxygen atoms in total. The second kappa shape index (κ2) is 7.12. The quantitative estimate of drug-likeness (QED) is 0.748. The van der Waals surface area contributed by atoms with Crippen LogP contribution < -0.4 is 0 Å². The van der Waals surface area contributed by atoms with E-state index in [0.717, 1.165) is 49.1 Å². The summed E-state index contributed by atoms with van der Waals surface area (Å²) < 4.78 is 0. The van der Waals surface area contributed by atoms with E-state index in [1.54, 1.807) is 0 Å². The molecule has 3 heterocycles. The number of benzene rings is 1. The van der Waals surface area contributed by atoms with Crippen LogP contribution in [-0.4, -0.2) is 46.4 Å². The van der Waals surface area contributed by atoms with E-state index in [4.69, 9.17) is 11.6 Å². The maximum atomic E-state index is 13.0. The van der Waals surface area contributed by atoms with E-state index in [0.29, 0.717) is 23.8 Å². The summed E-state index contributed by atoms with van der Waals surface area (Å²) in [5.41, 5.74) is 2.43. The number of halogens is 1. The van der Waals surface area contributed by atoms with Crippen LogP contribution in [0.25, 0.3) is 0 Å². The first-order valence-corrected chi connectivity index (χ1v) is 11.4. The molecular formula is C22H26ClN3OS. The largest absolute Gasteiger partial charge is 0.342 e. The fraction of sp³-hybridized carbons (Fsp3) is 0.545. The Morgan fingerprint density at radius 1 is 1.25 bits per heavy atom. The number of rotatable bonds is 4. The number of fused-ring (bicyclic) bond motifs is 1. The van der Waals surface area contributed by atoms with Gasteiger partial charge in [0, 0.05) is 54.0 Å². The number of carbonyl (C=O) groups excluding carboxylic acids is 1. The van der Waals surface area contributed by atoms with Crippen molar-refractivity contribution in [2.24, 2.45) is 11.8 Å². The zero-order valence-electron chi connectivity index (χ0n) is 16.4. The van der Waals surface area contributed by atoms with Crippen molar-refractivity contribution in [2.75, 3.05) is 19.6 Å². The van der Waals surface area contributed by atoms with Crippen LogP contribution in [0, 0.1) is 25.7 Å². The molecule has 0 bridgehead atoms. The van der Waals surface area contributed by atoms with E-state index < -0.39 is 0 Å². The van der Waals surface area contributed by atoms with Gasteiger partial charge in [0.25, 0.3) is 0 Å². The van der Waals surface area contributed by atoms with Crippen LogP contribution in [0.5, 0.6) is 0 Å². The van der Waals surface area contributed by atoms with Crippen LogP contribution in [0.2, 0.25) is 5.02 Å². The smallest absolute Gasteiger partial charge is 0.226 e. The summed E-state index contributed by atoms with van der Waals surface area (Å²) in [5.74, 6) is 1.57. The summed E-state index contributed by atoms with van der Waals surface area (Å²) in [6, 6.07) is 8.63. The summed E-state index contributed by atoms with van der Waals surface area (Å²) >= 11 is 7.81. The number of hydrogen-bond acceptors (Lipinski definition) is 4. The van der Waals surface area contributed by atoms with Gasteiger partial charge in [-0.3, -0.25) is 9.69 Å². The molecule has 6 heteroatoms. The zero-order valence-corrected chi connectivity index (χ0v) is 18.0. The Kier molecular flexibility index (Phi) is 4.73. The molecule has 148 valence electrons. The number of likely N-dealkylation sites (tertiary alicyclic amines) is 2. The van der Waals surface area contributed by atoms with Crippen LogP contribution in [0.4, 0.5) is 0 Å². The van der Waals surface area contributed by atoms with Crippen LogP contribution in [0.15, 0.2) is 24.3 Å². The number of piperidine rings is 1. The Balaban J connectivity index is 1.15. The molecule has 0 N–H and O–H groups in total. The monoisotopic (exact) mass is 415 g/mol. The van der Waals surface area contributed by atoms with E-state index in [1.165, 1.54) is 16.1 Å². The number of carbonyl (C=O) groups is 1. The van der Waals surface area contributed by atoms with Crippen LogP contribution in [0.3, 0.4) is 0 Å². The van der Waals surface area contributed by atoms with E-state index in [2.05, 4.69) is 40.8 Å². The number of thiazole rings is 1. The van der Waals surface area contributed by atoms with Crippen LogP contribution in [0.1, 0.15) is 39.9 Å². The van der Waals surface area contributed by atoms with Crippen molar-refractivity contribution in [3.8, 4) is 0 Å². The molecule has 28 heavy (non-hydrogen) atoms. The van der Waals surface area contributed by atoms with Crippen molar-refractivity contribution in [3.05, 3.63) is 50.4 Å². The summed E-state index contributed by atoms with van der Waals surface area (Å²) in [5, 5.41) is 1.91. The molecule has 2 aliphatic heterocycles. The SMILES string of the molecule is Cc1nc(C)c(CN2C[C@@H]3CN(C(=O)[C@@H]4C[C@H]4c4ccc(Cl)cc4)CC[C@@H]32)s1. The van der Waals surface area contributed by atoms with Gasteiger partial charge >= 0.3 is 0 Å². The molecule has 5 rings (SSSR count). The Bertz CT molecular complexity index is 896. The van der Waals surface area contributed by atoms with Gasteiger partial charge < -0.3 is 4.90 Å². The van der Waals surface area contributed by atoms with E-state index in [1.807, 2.05) is 23.5 Å². The molecular weight excluding hydrogens is 390 g/mol. The standard InChI is InChI=1S/C22H26ClN3OS/c1-13-21(28-14(2)24-13)12-26-11-16-10-25(8-7-20(16)26)22(27)19-9-18(19)15-3-5-17(23)6-4-15/h3-6,16,18-20H,7-12H2,1-2H3/t16-,18-,19+,20-/m0/s1. The molecule has 1 aliphatic carbocycles. The number of amides is 1. The van der Waals surface area contributed by atoms with Gasteiger partial charge in [-0.1, -0.05) is 23.7 Å². The second-order valence-corrected chi connectivity index (χ2v) is 10.3.